The Morgan fingerprint density at radius 1 is 0.930 bits per heavy atom. The number of rotatable bonds is 8. The predicted molar refractivity (Wildman–Crippen MR) is 163 cm³/mol. The summed E-state index contributed by atoms with van der Waals surface area (Å²) in [5, 5.41) is 8.41. The number of nitrogens with one attached hydrogen (secondary N) is 2. The van der Waals surface area contributed by atoms with Crippen molar-refractivity contribution in [2.24, 2.45) is 5.10 Å². The van der Waals surface area contributed by atoms with Crippen LogP contribution in [-0.2, 0) is 27.2 Å². The SMILES string of the molecule is CCOC(=O)c1c(NC(=O)C(=O)N/N=C\c2c(OC(=O)c3ccc(OC)cc3)ccc3ccccc23)sc2c1CCCC2. The lowest BCUT2D eigenvalue weighted by molar-refractivity contribution is -0.136. The first-order chi connectivity index (χ1) is 20.9. The van der Waals surface area contributed by atoms with E-state index >= 15 is 0 Å². The van der Waals surface area contributed by atoms with Gasteiger partial charge in [0.1, 0.15) is 16.5 Å². The van der Waals surface area contributed by atoms with Crippen LogP contribution in [0.3, 0.4) is 0 Å². The van der Waals surface area contributed by atoms with Crippen LogP contribution >= 0.6 is 11.3 Å². The third-order valence-corrected chi connectivity index (χ3v) is 8.11. The highest BCUT2D eigenvalue weighted by atomic mass is 32.1. The van der Waals surface area contributed by atoms with Crippen molar-refractivity contribution in [2.45, 2.75) is 32.6 Å². The number of carbonyl (C=O) groups is 4. The fraction of sp³-hybridized carbons (Fsp3) is 0.219. The molecule has 0 spiro atoms. The van der Waals surface area contributed by atoms with Gasteiger partial charge in [0.15, 0.2) is 0 Å². The second-order valence-electron chi connectivity index (χ2n) is 9.61. The molecule has 5 rings (SSSR count). The quantitative estimate of drug-likeness (QED) is 0.0927. The summed E-state index contributed by atoms with van der Waals surface area (Å²) in [6.45, 7) is 1.90. The summed E-state index contributed by atoms with van der Waals surface area (Å²) in [6, 6.07) is 17.3. The predicted octanol–water partition coefficient (Wildman–Crippen LogP) is 5.27. The number of hydrogen-bond acceptors (Lipinski definition) is 9. The number of nitrogens with zero attached hydrogens (tertiary/aromatic N) is 1. The topological polar surface area (TPSA) is 132 Å². The maximum absolute atomic E-state index is 12.9. The van der Waals surface area contributed by atoms with Crippen LogP contribution in [0.4, 0.5) is 5.00 Å². The Morgan fingerprint density at radius 2 is 1.70 bits per heavy atom. The minimum absolute atomic E-state index is 0.192. The zero-order chi connectivity index (χ0) is 30.3. The highest BCUT2D eigenvalue weighted by molar-refractivity contribution is 7.17. The zero-order valence-corrected chi connectivity index (χ0v) is 24.4. The Bertz CT molecular complexity index is 1730. The van der Waals surface area contributed by atoms with Gasteiger partial charge in [-0.05, 0) is 79.3 Å². The second-order valence-corrected chi connectivity index (χ2v) is 10.7. The molecule has 0 fully saturated rings. The van der Waals surface area contributed by atoms with Crippen molar-refractivity contribution < 1.29 is 33.4 Å². The number of anilines is 1. The van der Waals surface area contributed by atoms with Gasteiger partial charge in [0.25, 0.3) is 0 Å². The summed E-state index contributed by atoms with van der Waals surface area (Å²) < 4.78 is 16.0. The molecule has 0 saturated carbocycles. The summed E-state index contributed by atoms with van der Waals surface area (Å²) in [5.41, 5.74) is 4.16. The first-order valence-electron chi connectivity index (χ1n) is 13.7. The first kappa shape index (κ1) is 29.5. The molecule has 43 heavy (non-hydrogen) atoms. The van der Waals surface area contributed by atoms with Crippen LogP contribution < -0.4 is 20.2 Å². The molecule has 0 bridgehead atoms. The molecule has 10 nitrogen and oxygen atoms in total. The lowest BCUT2D eigenvalue weighted by Gasteiger charge is -2.12. The molecule has 11 heteroatoms. The van der Waals surface area contributed by atoms with E-state index in [0.29, 0.717) is 34.2 Å². The normalized spacial score (nSPS) is 12.4. The number of hydrogen-bond donors (Lipinski definition) is 2. The molecule has 2 N–H and O–H groups in total. The summed E-state index contributed by atoms with van der Waals surface area (Å²) in [6.07, 6.45) is 4.75. The Labute approximate surface area is 251 Å². The van der Waals surface area contributed by atoms with Crippen molar-refractivity contribution in [1.29, 1.82) is 0 Å². The fourth-order valence-corrected chi connectivity index (χ4v) is 6.10. The first-order valence-corrected chi connectivity index (χ1v) is 14.5. The number of amides is 2. The van der Waals surface area contributed by atoms with Gasteiger partial charge in [-0.25, -0.2) is 15.0 Å². The van der Waals surface area contributed by atoms with Crippen LogP contribution in [0.1, 0.15) is 56.5 Å². The maximum atomic E-state index is 12.9. The molecular formula is C32H29N3O7S. The molecule has 2 amide bonds. The average molecular weight is 600 g/mol. The largest absolute Gasteiger partial charge is 0.497 e. The minimum Gasteiger partial charge on any atom is -0.497 e. The van der Waals surface area contributed by atoms with Gasteiger partial charge in [0, 0.05) is 10.4 Å². The molecular weight excluding hydrogens is 570 g/mol. The van der Waals surface area contributed by atoms with Gasteiger partial charge in [-0.3, -0.25) is 9.59 Å². The maximum Gasteiger partial charge on any atom is 0.343 e. The number of aryl methyl sites for hydroxylation is 1. The van der Waals surface area contributed by atoms with E-state index in [1.807, 2.05) is 24.3 Å². The van der Waals surface area contributed by atoms with E-state index < -0.39 is 23.8 Å². The number of fused-ring (bicyclic) bond motifs is 2. The van der Waals surface area contributed by atoms with E-state index in [1.54, 1.807) is 43.3 Å². The van der Waals surface area contributed by atoms with Crippen molar-refractivity contribution in [3.05, 3.63) is 87.8 Å². The van der Waals surface area contributed by atoms with Crippen molar-refractivity contribution in [2.75, 3.05) is 19.0 Å². The molecule has 1 heterocycles. The van der Waals surface area contributed by atoms with Crippen LogP contribution in [-0.4, -0.2) is 43.7 Å². The van der Waals surface area contributed by atoms with Crippen molar-refractivity contribution in [3.8, 4) is 11.5 Å². The zero-order valence-electron chi connectivity index (χ0n) is 23.6. The van der Waals surface area contributed by atoms with Gasteiger partial charge in [-0.1, -0.05) is 30.3 Å². The van der Waals surface area contributed by atoms with Gasteiger partial charge in [-0.15, -0.1) is 11.3 Å². The lowest BCUT2D eigenvalue weighted by atomic mass is 9.95. The molecule has 0 radical (unpaired) electrons. The van der Waals surface area contributed by atoms with Crippen LogP contribution in [0.25, 0.3) is 10.8 Å². The van der Waals surface area contributed by atoms with Gasteiger partial charge >= 0.3 is 23.8 Å². The van der Waals surface area contributed by atoms with Gasteiger partial charge in [0.05, 0.1) is 31.1 Å². The Kier molecular flexibility index (Phi) is 9.11. The second kappa shape index (κ2) is 13.3. The number of ether oxygens (including phenoxy) is 3. The van der Waals surface area contributed by atoms with Crippen LogP contribution in [0.2, 0.25) is 0 Å². The standard InChI is InChI=1S/C32H29N3O7S/c1-3-41-32(39)27-23-10-6-7-11-26(23)43-30(27)34-28(36)29(37)35-33-18-24-22-9-5-4-8-19(22)14-17-25(24)42-31(38)20-12-15-21(40-2)16-13-20/h4-5,8-9,12-18H,3,6-7,10-11H2,1-2H3,(H,34,36)(H,35,37)/b33-18-. The van der Waals surface area contributed by atoms with E-state index in [4.69, 9.17) is 14.2 Å². The van der Waals surface area contributed by atoms with E-state index in [9.17, 15) is 19.2 Å². The Balaban J connectivity index is 1.34. The molecule has 0 saturated heterocycles. The smallest absolute Gasteiger partial charge is 0.343 e. The number of carbonyl (C=O) groups excluding carboxylic acids is 4. The molecule has 1 aliphatic carbocycles. The number of methoxy groups -OCH3 is 1. The molecule has 0 unspecified atom stereocenters. The number of thiophene rings is 1. The summed E-state index contributed by atoms with van der Waals surface area (Å²) >= 11 is 1.29. The average Bonchev–Trinajstić information content (AvgIpc) is 3.39. The molecule has 1 aliphatic rings. The van der Waals surface area contributed by atoms with Gasteiger partial charge < -0.3 is 19.5 Å². The van der Waals surface area contributed by atoms with Crippen LogP contribution in [0.15, 0.2) is 65.8 Å². The molecule has 4 aromatic rings. The van der Waals surface area contributed by atoms with Crippen LogP contribution in [0, 0.1) is 0 Å². The van der Waals surface area contributed by atoms with Crippen LogP contribution in [0.5, 0.6) is 11.5 Å². The summed E-state index contributed by atoms with van der Waals surface area (Å²) in [5.74, 6) is -2.31. The van der Waals surface area contributed by atoms with Gasteiger partial charge in [0.2, 0.25) is 0 Å². The number of esters is 2. The van der Waals surface area contributed by atoms with E-state index in [2.05, 4.69) is 15.8 Å². The van der Waals surface area contributed by atoms with Gasteiger partial charge in [-0.2, -0.15) is 5.10 Å². The van der Waals surface area contributed by atoms with E-state index in [1.165, 1.54) is 24.7 Å². The monoisotopic (exact) mass is 599 g/mol. The molecule has 220 valence electrons. The fourth-order valence-electron chi connectivity index (χ4n) is 4.82. The van der Waals surface area contributed by atoms with Crippen molar-refractivity contribution >= 4 is 57.1 Å². The Hall–Kier alpha value is -5.03. The molecule has 0 aliphatic heterocycles. The number of benzene rings is 3. The van der Waals surface area contributed by atoms with Crippen molar-refractivity contribution in [3.63, 3.8) is 0 Å². The molecule has 3 aromatic carbocycles. The highest BCUT2D eigenvalue weighted by Crippen LogP contribution is 2.38. The molecule has 1 aromatic heterocycles. The van der Waals surface area contributed by atoms with Crippen molar-refractivity contribution in [1.82, 2.24) is 5.43 Å². The van der Waals surface area contributed by atoms with E-state index in [0.717, 1.165) is 35.1 Å². The molecule has 0 atom stereocenters. The Morgan fingerprint density at radius 3 is 2.47 bits per heavy atom. The number of hydrazone groups is 1. The summed E-state index contributed by atoms with van der Waals surface area (Å²) in [7, 11) is 1.53. The van der Waals surface area contributed by atoms with E-state index in [-0.39, 0.29) is 17.4 Å². The highest BCUT2D eigenvalue weighted by Gasteiger charge is 2.28. The third-order valence-electron chi connectivity index (χ3n) is 6.90. The minimum atomic E-state index is -1.03. The summed E-state index contributed by atoms with van der Waals surface area (Å²) in [4.78, 5) is 52.1. The lowest BCUT2D eigenvalue weighted by Crippen LogP contribution is -2.32. The third kappa shape index (κ3) is 6.57.